The molecule has 16 heavy (non-hydrogen) atoms. The number of halogens is 3. The summed E-state index contributed by atoms with van der Waals surface area (Å²) in [4.78, 5) is 0. The molecule has 1 saturated carbocycles. The Morgan fingerprint density at radius 1 is 1.38 bits per heavy atom. The Bertz CT molecular complexity index is 443. The summed E-state index contributed by atoms with van der Waals surface area (Å²) in [5, 5.41) is 8.76. The summed E-state index contributed by atoms with van der Waals surface area (Å²) >= 11 is 3.32. The van der Waals surface area contributed by atoms with Gasteiger partial charge < -0.3 is 0 Å². The SMILES string of the molecule is N#CCC1(c2cccc(Br)c2)CC(F)(F)C1. The molecule has 0 unspecified atom stereocenters. The Morgan fingerprint density at radius 2 is 2.06 bits per heavy atom. The molecule has 1 nitrogen and oxygen atoms in total. The number of nitrogens with zero attached hydrogens (tertiary/aromatic N) is 1. The fraction of sp³-hybridized carbons (Fsp3) is 0.417. The first-order valence-corrected chi connectivity index (χ1v) is 5.78. The molecule has 0 aromatic heterocycles. The minimum Gasteiger partial charge on any atom is -0.207 e. The zero-order valence-corrected chi connectivity index (χ0v) is 10.1. The van der Waals surface area contributed by atoms with Crippen molar-refractivity contribution < 1.29 is 8.78 Å². The van der Waals surface area contributed by atoms with Gasteiger partial charge in [-0.3, -0.25) is 0 Å². The molecule has 1 aliphatic carbocycles. The lowest BCUT2D eigenvalue weighted by molar-refractivity contribution is -0.125. The second-order valence-corrected chi connectivity index (χ2v) is 5.25. The van der Waals surface area contributed by atoms with E-state index in [0.717, 1.165) is 10.0 Å². The van der Waals surface area contributed by atoms with Crippen LogP contribution in [0.5, 0.6) is 0 Å². The number of benzene rings is 1. The van der Waals surface area contributed by atoms with Gasteiger partial charge in [0.1, 0.15) is 0 Å². The van der Waals surface area contributed by atoms with Gasteiger partial charge in [0.15, 0.2) is 0 Å². The van der Waals surface area contributed by atoms with Gasteiger partial charge in [-0.05, 0) is 17.7 Å². The highest BCUT2D eigenvalue weighted by molar-refractivity contribution is 9.10. The molecule has 1 fully saturated rings. The van der Waals surface area contributed by atoms with Gasteiger partial charge >= 0.3 is 0 Å². The molecule has 0 heterocycles. The van der Waals surface area contributed by atoms with E-state index in [-0.39, 0.29) is 19.3 Å². The smallest absolute Gasteiger partial charge is 0.207 e. The molecule has 0 spiro atoms. The molecule has 1 aromatic carbocycles. The third kappa shape index (κ3) is 1.97. The summed E-state index contributed by atoms with van der Waals surface area (Å²) in [5.41, 5.74) is 0.177. The van der Waals surface area contributed by atoms with Crippen LogP contribution in [0.2, 0.25) is 0 Å². The number of rotatable bonds is 2. The molecule has 0 N–H and O–H groups in total. The van der Waals surface area contributed by atoms with Crippen LogP contribution in [0, 0.1) is 11.3 Å². The van der Waals surface area contributed by atoms with Crippen molar-refractivity contribution in [3.05, 3.63) is 34.3 Å². The van der Waals surface area contributed by atoms with Crippen LogP contribution in [0.3, 0.4) is 0 Å². The monoisotopic (exact) mass is 285 g/mol. The van der Waals surface area contributed by atoms with Crippen LogP contribution >= 0.6 is 15.9 Å². The van der Waals surface area contributed by atoms with Gasteiger partial charge in [0, 0.05) is 29.2 Å². The van der Waals surface area contributed by atoms with Crippen molar-refractivity contribution in [2.24, 2.45) is 0 Å². The van der Waals surface area contributed by atoms with Gasteiger partial charge in [-0.1, -0.05) is 28.1 Å². The van der Waals surface area contributed by atoms with Crippen molar-refractivity contribution >= 4 is 15.9 Å². The minimum absolute atomic E-state index is 0.152. The van der Waals surface area contributed by atoms with E-state index in [1.165, 1.54) is 0 Å². The second kappa shape index (κ2) is 3.81. The fourth-order valence-corrected chi connectivity index (χ4v) is 2.74. The van der Waals surface area contributed by atoms with Crippen molar-refractivity contribution in [3.8, 4) is 6.07 Å². The van der Waals surface area contributed by atoms with Crippen LogP contribution in [-0.4, -0.2) is 5.92 Å². The normalized spacial score (nSPS) is 20.9. The van der Waals surface area contributed by atoms with Crippen LogP contribution < -0.4 is 0 Å². The zero-order chi connectivity index (χ0) is 11.8. The van der Waals surface area contributed by atoms with E-state index in [4.69, 9.17) is 5.26 Å². The van der Waals surface area contributed by atoms with E-state index < -0.39 is 11.3 Å². The van der Waals surface area contributed by atoms with Crippen molar-refractivity contribution in [3.63, 3.8) is 0 Å². The molecule has 2 rings (SSSR count). The molecule has 0 aliphatic heterocycles. The number of hydrogen-bond donors (Lipinski definition) is 0. The zero-order valence-electron chi connectivity index (χ0n) is 8.51. The summed E-state index contributed by atoms with van der Waals surface area (Å²) in [6.45, 7) is 0. The van der Waals surface area contributed by atoms with Crippen LogP contribution in [0.25, 0.3) is 0 Å². The predicted molar refractivity (Wildman–Crippen MR) is 60.2 cm³/mol. The molecule has 0 radical (unpaired) electrons. The van der Waals surface area contributed by atoms with E-state index >= 15 is 0 Å². The van der Waals surface area contributed by atoms with Crippen LogP contribution in [0.1, 0.15) is 24.8 Å². The molecule has 1 aliphatic rings. The lowest BCUT2D eigenvalue weighted by Crippen LogP contribution is -2.49. The largest absolute Gasteiger partial charge is 0.249 e. The van der Waals surface area contributed by atoms with Gasteiger partial charge in [0.25, 0.3) is 0 Å². The molecular weight excluding hydrogens is 276 g/mol. The Hall–Kier alpha value is -0.950. The second-order valence-electron chi connectivity index (χ2n) is 4.34. The van der Waals surface area contributed by atoms with Gasteiger partial charge in [-0.2, -0.15) is 5.26 Å². The maximum absolute atomic E-state index is 13.0. The van der Waals surface area contributed by atoms with Gasteiger partial charge in [0.05, 0.1) is 6.07 Å². The van der Waals surface area contributed by atoms with Crippen LogP contribution in [0.4, 0.5) is 8.78 Å². The first-order chi connectivity index (χ1) is 7.47. The van der Waals surface area contributed by atoms with E-state index in [2.05, 4.69) is 15.9 Å². The maximum atomic E-state index is 13.0. The minimum atomic E-state index is -2.61. The quantitative estimate of drug-likeness (QED) is 0.805. The van der Waals surface area contributed by atoms with E-state index in [1.807, 2.05) is 30.3 Å². The van der Waals surface area contributed by atoms with Crippen LogP contribution in [0.15, 0.2) is 28.7 Å². The van der Waals surface area contributed by atoms with E-state index in [9.17, 15) is 8.78 Å². The molecule has 0 saturated heterocycles. The molecule has 0 amide bonds. The number of nitriles is 1. The van der Waals surface area contributed by atoms with E-state index in [1.54, 1.807) is 0 Å². The summed E-state index contributed by atoms with van der Waals surface area (Å²) in [5.74, 6) is -2.61. The lowest BCUT2D eigenvalue weighted by atomic mass is 9.60. The third-order valence-electron chi connectivity index (χ3n) is 3.05. The highest BCUT2D eigenvalue weighted by Gasteiger charge is 2.57. The molecule has 0 bridgehead atoms. The molecule has 84 valence electrons. The third-order valence-corrected chi connectivity index (χ3v) is 3.54. The predicted octanol–water partition coefficient (Wildman–Crippen LogP) is 4.03. The molecular formula is C12H10BrF2N. The van der Waals surface area contributed by atoms with Gasteiger partial charge in [-0.15, -0.1) is 0 Å². The summed E-state index contributed by atoms with van der Waals surface area (Å²) in [7, 11) is 0. The van der Waals surface area contributed by atoms with Crippen molar-refractivity contribution in [2.45, 2.75) is 30.6 Å². The molecule has 1 aromatic rings. The highest BCUT2D eigenvalue weighted by atomic mass is 79.9. The Labute approximate surface area is 101 Å². The standard InChI is InChI=1S/C12H10BrF2N/c13-10-3-1-2-9(6-10)11(4-5-16)7-12(14,15)8-11/h1-3,6H,4,7-8H2. The van der Waals surface area contributed by atoms with E-state index in [0.29, 0.717) is 0 Å². The first-order valence-electron chi connectivity index (χ1n) is 4.98. The summed E-state index contributed by atoms with van der Waals surface area (Å²) in [6, 6.07) is 9.32. The van der Waals surface area contributed by atoms with Gasteiger partial charge in [-0.25, -0.2) is 8.78 Å². The number of hydrogen-bond acceptors (Lipinski definition) is 1. The summed E-state index contributed by atoms with van der Waals surface area (Å²) < 4.78 is 26.9. The van der Waals surface area contributed by atoms with Crippen LogP contribution in [-0.2, 0) is 5.41 Å². The topological polar surface area (TPSA) is 23.8 Å². The Morgan fingerprint density at radius 3 is 2.56 bits per heavy atom. The highest BCUT2D eigenvalue weighted by Crippen LogP contribution is 2.55. The molecule has 0 atom stereocenters. The molecule has 4 heteroatoms. The number of alkyl halides is 2. The maximum Gasteiger partial charge on any atom is 0.249 e. The van der Waals surface area contributed by atoms with Crippen molar-refractivity contribution in [1.82, 2.24) is 0 Å². The first kappa shape index (κ1) is 11.5. The lowest BCUT2D eigenvalue weighted by Gasteiger charge is -2.46. The average Bonchev–Trinajstić information content (AvgIpc) is 2.15. The van der Waals surface area contributed by atoms with Crippen molar-refractivity contribution in [2.75, 3.05) is 0 Å². The average molecular weight is 286 g/mol. The van der Waals surface area contributed by atoms with Gasteiger partial charge in [0.2, 0.25) is 5.92 Å². The fourth-order valence-electron chi connectivity index (χ4n) is 2.34. The summed E-state index contributed by atoms with van der Waals surface area (Å²) in [6.07, 6.45) is -0.285. The van der Waals surface area contributed by atoms with Crippen molar-refractivity contribution in [1.29, 1.82) is 5.26 Å². The Kier molecular flexibility index (Phi) is 2.75. The Balaban J connectivity index is 2.32.